The van der Waals surface area contributed by atoms with E-state index in [4.69, 9.17) is 17.0 Å². The molecule has 0 atom stereocenters. The zero-order valence-electron chi connectivity index (χ0n) is 19.3. The zero-order valence-corrected chi connectivity index (χ0v) is 20.9. The Kier molecular flexibility index (Phi) is 7.05. The number of nitrogens with zero attached hydrogens (tertiary/aromatic N) is 1. The van der Waals surface area contributed by atoms with E-state index in [0.717, 1.165) is 36.8 Å². The first-order valence-corrected chi connectivity index (χ1v) is 12.6. The Morgan fingerprint density at radius 2 is 1.67 bits per heavy atom. The van der Waals surface area contributed by atoms with Crippen molar-refractivity contribution in [2.24, 2.45) is 0 Å². The average molecular weight is 480 g/mol. The smallest absolute Gasteiger partial charge is 0.343 e. The second-order valence-corrected chi connectivity index (χ2v) is 11.3. The summed E-state index contributed by atoms with van der Waals surface area (Å²) >= 11 is 6.87. The molecule has 1 saturated carbocycles. The van der Waals surface area contributed by atoms with Crippen LogP contribution >= 0.6 is 24.0 Å². The number of hydrogen-bond acceptors (Lipinski definition) is 5. The number of carbonyl (C=O) groups is 2. The first-order chi connectivity index (χ1) is 15.7. The maximum Gasteiger partial charge on any atom is 0.343 e. The van der Waals surface area contributed by atoms with Gasteiger partial charge in [-0.2, -0.15) is 0 Å². The highest BCUT2D eigenvalue weighted by Crippen LogP contribution is 2.37. The summed E-state index contributed by atoms with van der Waals surface area (Å²) in [6.45, 7) is 6.40. The normalized spacial score (nSPS) is 18.8. The third kappa shape index (κ3) is 5.56. The fourth-order valence-corrected chi connectivity index (χ4v) is 5.59. The summed E-state index contributed by atoms with van der Waals surface area (Å²) in [5.41, 5.74) is 2.58. The minimum absolute atomic E-state index is 0.00566. The summed E-state index contributed by atoms with van der Waals surface area (Å²) in [5, 5.41) is 0. The van der Waals surface area contributed by atoms with E-state index >= 15 is 0 Å². The van der Waals surface area contributed by atoms with Crippen LogP contribution in [-0.4, -0.2) is 27.1 Å². The highest BCUT2D eigenvalue weighted by molar-refractivity contribution is 8.26. The van der Waals surface area contributed by atoms with Crippen molar-refractivity contribution in [3.63, 3.8) is 0 Å². The van der Waals surface area contributed by atoms with Gasteiger partial charge in [0.25, 0.3) is 5.91 Å². The monoisotopic (exact) mass is 479 g/mol. The molecule has 1 aliphatic heterocycles. The first-order valence-electron chi connectivity index (χ1n) is 11.4. The van der Waals surface area contributed by atoms with Gasteiger partial charge < -0.3 is 4.74 Å². The zero-order chi connectivity index (χ0) is 23.6. The molecule has 1 amide bonds. The molecule has 2 aromatic carbocycles. The molecule has 0 aromatic heterocycles. The minimum atomic E-state index is -0.392. The molecule has 2 fully saturated rings. The molecule has 33 heavy (non-hydrogen) atoms. The number of hydrogen-bond donors (Lipinski definition) is 0. The lowest BCUT2D eigenvalue weighted by Gasteiger charge is -2.29. The lowest BCUT2D eigenvalue weighted by molar-refractivity contribution is -0.124. The van der Waals surface area contributed by atoms with Gasteiger partial charge in [-0.1, -0.05) is 88.3 Å². The lowest BCUT2D eigenvalue weighted by atomic mass is 9.87. The predicted octanol–water partition coefficient (Wildman–Crippen LogP) is 6.74. The number of thioether (sulfide) groups is 1. The van der Waals surface area contributed by atoms with E-state index in [1.165, 1.54) is 18.2 Å². The molecular weight excluding hydrogens is 450 g/mol. The van der Waals surface area contributed by atoms with Gasteiger partial charge in [0, 0.05) is 6.04 Å². The topological polar surface area (TPSA) is 46.6 Å². The summed E-state index contributed by atoms with van der Waals surface area (Å²) in [5.74, 6) is 0.0782. The van der Waals surface area contributed by atoms with Crippen molar-refractivity contribution in [3.05, 3.63) is 70.1 Å². The fraction of sp³-hybridized carbons (Fsp3) is 0.370. The SMILES string of the molecule is CC(C)(C)c1ccc(C(=O)Oc2ccc(/C=C3\SC(=S)N(C4CCCCC4)C3=O)cc2)cc1. The van der Waals surface area contributed by atoms with E-state index in [-0.39, 0.29) is 17.4 Å². The second kappa shape index (κ2) is 9.82. The Morgan fingerprint density at radius 1 is 1.03 bits per heavy atom. The van der Waals surface area contributed by atoms with E-state index < -0.39 is 5.97 Å². The minimum Gasteiger partial charge on any atom is -0.423 e. The molecule has 172 valence electrons. The van der Waals surface area contributed by atoms with Crippen molar-refractivity contribution >= 4 is 46.3 Å². The van der Waals surface area contributed by atoms with Gasteiger partial charge >= 0.3 is 5.97 Å². The molecule has 0 unspecified atom stereocenters. The lowest BCUT2D eigenvalue weighted by Crippen LogP contribution is -2.39. The molecule has 1 aliphatic carbocycles. The largest absolute Gasteiger partial charge is 0.423 e. The Morgan fingerprint density at radius 3 is 2.27 bits per heavy atom. The summed E-state index contributed by atoms with van der Waals surface area (Å²) < 4.78 is 6.18. The molecule has 2 aromatic rings. The van der Waals surface area contributed by atoms with E-state index in [1.54, 1.807) is 24.3 Å². The van der Waals surface area contributed by atoms with Crippen LogP contribution in [0.1, 0.15) is 74.4 Å². The van der Waals surface area contributed by atoms with Crippen LogP contribution in [0.2, 0.25) is 0 Å². The Bertz CT molecular complexity index is 1080. The highest BCUT2D eigenvalue weighted by Gasteiger charge is 2.37. The van der Waals surface area contributed by atoms with Crippen molar-refractivity contribution in [3.8, 4) is 5.75 Å². The molecule has 4 nitrogen and oxygen atoms in total. The number of ether oxygens (including phenoxy) is 1. The van der Waals surface area contributed by atoms with Gasteiger partial charge in [-0.05, 0) is 59.7 Å². The molecule has 0 spiro atoms. The molecule has 1 saturated heterocycles. The van der Waals surface area contributed by atoms with Crippen LogP contribution < -0.4 is 4.74 Å². The maximum atomic E-state index is 13.0. The van der Waals surface area contributed by atoms with Crippen LogP contribution in [0.4, 0.5) is 0 Å². The quantitative estimate of drug-likeness (QED) is 0.210. The third-order valence-electron chi connectivity index (χ3n) is 6.14. The highest BCUT2D eigenvalue weighted by atomic mass is 32.2. The van der Waals surface area contributed by atoms with E-state index in [2.05, 4.69) is 20.8 Å². The van der Waals surface area contributed by atoms with Gasteiger partial charge in [0.15, 0.2) is 0 Å². The summed E-state index contributed by atoms with van der Waals surface area (Å²) in [4.78, 5) is 27.9. The Hall–Kier alpha value is -2.44. The van der Waals surface area contributed by atoms with Gasteiger partial charge in [-0.3, -0.25) is 9.69 Å². The van der Waals surface area contributed by atoms with Crippen LogP contribution in [0.25, 0.3) is 6.08 Å². The van der Waals surface area contributed by atoms with Crippen LogP contribution in [0, 0.1) is 0 Å². The number of rotatable bonds is 4. The van der Waals surface area contributed by atoms with Crippen LogP contribution in [0.5, 0.6) is 5.75 Å². The van der Waals surface area contributed by atoms with Crippen molar-refractivity contribution in [2.45, 2.75) is 64.3 Å². The van der Waals surface area contributed by atoms with Crippen molar-refractivity contribution < 1.29 is 14.3 Å². The molecule has 0 N–H and O–H groups in total. The molecule has 0 bridgehead atoms. The van der Waals surface area contributed by atoms with Gasteiger partial charge in [-0.15, -0.1) is 0 Å². The molecular formula is C27H29NO3S2. The molecule has 1 heterocycles. The number of amides is 1. The molecule has 4 rings (SSSR count). The molecule has 6 heteroatoms. The van der Waals surface area contributed by atoms with Gasteiger partial charge in [0.2, 0.25) is 0 Å². The van der Waals surface area contributed by atoms with Crippen molar-refractivity contribution in [1.82, 2.24) is 4.90 Å². The Balaban J connectivity index is 1.41. The van der Waals surface area contributed by atoms with Crippen LogP contribution in [-0.2, 0) is 10.2 Å². The van der Waals surface area contributed by atoms with Gasteiger partial charge in [0.1, 0.15) is 10.1 Å². The first kappa shape index (κ1) is 23.7. The van der Waals surface area contributed by atoms with E-state index in [0.29, 0.717) is 20.5 Å². The van der Waals surface area contributed by atoms with Gasteiger partial charge in [0.05, 0.1) is 10.5 Å². The fourth-order valence-electron chi connectivity index (χ4n) is 4.19. The number of esters is 1. The number of benzene rings is 2. The standard InChI is InChI=1S/C27H29NO3S2/c1-27(2,3)20-13-11-19(12-14-20)25(30)31-22-15-9-18(10-16-22)17-23-24(29)28(26(32)33-23)21-7-5-4-6-8-21/h9-17,21H,4-8H2,1-3H3/b23-17-. The predicted molar refractivity (Wildman–Crippen MR) is 138 cm³/mol. The summed E-state index contributed by atoms with van der Waals surface area (Å²) in [7, 11) is 0. The summed E-state index contributed by atoms with van der Waals surface area (Å²) in [6, 6.07) is 14.9. The molecule has 2 aliphatic rings. The van der Waals surface area contributed by atoms with E-state index in [1.807, 2.05) is 35.2 Å². The van der Waals surface area contributed by atoms with Crippen LogP contribution in [0.15, 0.2) is 53.4 Å². The van der Waals surface area contributed by atoms with Gasteiger partial charge in [-0.25, -0.2) is 4.79 Å². The third-order valence-corrected chi connectivity index (χ3v) is 7.47. The molecule has 0 radical (unpaired) electrons. The Labute approximate surface area is 205 Å². The summed E-state index contributed by atoms with van der Waals surface area (Å²) in [6.07, 6.45) is 7.46. The van der Waals surface area contributed by atoms with E-state index in [9.17, 15) is 9.59 Å². The maximum absolute atomic E-state index is 13.0. The van der Waals surface area contributed by atoms with Crippen LogP contribution in [0.3, 0.4) is 0 Å². The average Bonchev–Trinajstić information content (AvgIpc) is 3.07. The number of carbonyl (C=O) groups excluding carboxylic acids is 2. The second-order valence-electron chi connectivity index (χ2n) is 9.63. The van der Waals surface area contributed by atoms with Crippen molar-refractivity contribution in [1.29, 1.82) is 0 Å². The van der Waals surface area contributed by atoms with Crippen molar-refractivity contribution in [2.75, 3.05) is 0 Å². The number of thiocarbonyl (C=S) groups is 1.